The first-order valence-corrected chi connectivity index (χ1v) is 14.3. The van der Waals surface area contributed by atoms with Gasteiger partial charge in [0.2, 0.25) is 0 Å². The van der Waals surface area contributed by atoms with E-state index in [1.54, 1.807) is 0 Å². The minimum Gasteiger partial charge on any atom is -0.508 e. The summed E-state index contributed by atoms with van der Waals surface area (Å²) in [4.78, 5) is 5.05. The smallest absolute Gasteiger partial charge is 0.119 e. The number of para-hydroxylation sites is 1. The van der Waals surface area contributed by atoms with E-state index in [2.05, 4.69) is 71.3 Å². The summed E-state index contributed by atoms with van der Waals surface area (Å²) in [6, 6.07) is 23.5. The van der Waals surface area contributed by atoms with Gasteiger partial charge >= 0.3 is 0 Å². The minimum absolute atomic E-state index is 0.378. The van der Waals surface area contributed by atoms with E-state index in [1.807, 2.05) is 12.1 Å². The first kappa shape index (κ1) is 25.7. The van der Waals surface area contributed by atoms with E-state index in [0.717, 1.165) is 51.3 Å². The third-order valence-electron chi connectivity index (χ3n) is 8.19. The van der Waals surface area contributed by atoms with E-state index >= 15 is 0 Å². The van der Waals surface area contributed by atoms with Gasteiger partial charge in [0.15, 0.2) is 0 Å². The fourth-order valence-electron chi connectivity index (χ4n) is 6.06. The van der Waals surface area contributed by atoms with Crippen LogP contribution in [0.3, 0.4) is 0 Å². The lowest BCUT2D eigenvalue weighted by atomic mass is 9.79. The van der Waals surface area contributed by atoms with Crippen LogP contribution in [-0.4, -0.2) is 42.8 Å². The zero-order chi connectivity index (χ0) is 25.5. The van der Waals surface area contributed by atoms with Gasteiger partial charge in [-0.25, -0.2) is 0 Å². The molecule has 196 valence electrons. The lowest BCUT2D eigenvalue weighted by molar-refractivity contribution is 0.214. The zero-order valence-corrected chi connectivity index (χ0v) is 22.4. The van der Waals surface area contributed by atoms with Crippen LogP contribution in [0.4, 0.5) is 5.69 Å². The van der Waals surface area contributed by atoms with Crippen molar-refractivity contribution in [1.29, 1.82) is 0 Å². The number of phenolic OH excluding ortho intramolecular Hbond substituents is 1. The molecule has 4 nitrogen and oxygen atoms in total. The van der Waals surface area contributed by atoms with Crippen LogP contribution in [0.15, 0.2) is 66.7 Å². The second-order valence-corrected chi connectivity index (χ2v) is 10.7. The molecule has 37 heavy (non-hydrogen) atoms. The molecule has 3 aromatic rings. The van der Waals surface area contributed by atoms with Crippen molar-refractivity contribution >= 4 is 5.69 Å². The Bertz CT molecular complexity index is 1140. The fraction of sp³-hybridized carbons (Fsp3) is 0.455. The van der Waals surface area contributed by atoms with Gasteiger partial charge in [0.25, 0.3) is 0 Å². The van der Waals surface area contributed by atoms with Gasteiger partial charge in [0, 0.05) is 25.3 Å². The second kappa shape index (κ2) is 12.5. The lowest BCUT2D eigenvalue weighted by Crippen LogP contribution is -2.29. The third kappa shape index (κ3) is 6.67. The fourth-order valence-corrected chi connectivity index (χ4v) is 6.06. The summed E-state index contributed by atoms with van der Waals surface area (Å²) in [5.41, 5.74) is 6.76. The second-order valence-electron chi connectivity index (χ2n) is 10.7. The summed E-state index contributed by atoms with van der Waals surface area (Å²) in [7, 11) is 0. The Morgan fingerprint density at radius 1 is 0.919 bits per heavy atom. The van der Waals surface area contributed by atoms with Crippen molar-refractivity contribution in [3.63, 3.8) is 0 Å². The molecule has 1 saturated heterocycles. The molecule has 0 aromatic heterocycles. The molecule has 1 N–H and O–H groups in total. The quantitative estimate of drug-likeness (QED) is 0.346. The number of aromatic hydroxyl groups is 1. The molecular formula is C33H42N2O2. The van der Waals surface area contributed by atoms with Gasteiger partial charge in [0.1, 0.15) is 18.1 Å². The molecule has 2 aliphatic rings. The monoisotopic (exact) mass is 498 g/mol. The predicted molar refractivity (Wildman–Crippen MR) is 153 cm³/mol. The summed E-state index contributed by atoms with van der Waals surface area (Å²) in [5.74, 6) is 1.85. The van der Waals surface area contributed by atoms with Gasteiger partial charge in [-0.1, -0.05) is 49.2 Å². The van der Waals surface area contributed by atoms with Gasteiger partial charge in [-0.2, -0.15) is 0 Å². The van der Waals surface area contributed by atoms with Crippen LogP contribution in [0.1, 0.15) is 67.2 Å². The molecule has 1 heterocycles. The number of phenols is 1. The Morgan fingerprint density at radius 2 is 1.70 bits per heavy atom. The highest BCUT2D eigenvalue weighted by atomic mass is 16.5. The molecule has 1 fully saturated rings. The van der Waals surface area contributed by atoms with Crippen LogP contribution in [0.25, 0.3) is 0 Å². The SMILES string of the molecule is CCN(Cc1ccc(OCCN2CCCCCC2)cc1)c1ccccc1C1CCc2cc(O)ccc2C1. The van der Waals surface area contributed by atoms with Crippen LogP contribution in [0.5, 0.6) is 11.5 Å². The van der Waals surface area contributed by atoms with Gasteiger partial charge in [-0.05, 0) is 111 Å². The molecular weight excluding hydrogens is 456 g/mol. The van der Waals surface area contributed by atoms with E-state index in [-0.39, 0.29) is 0 Å². The number of benzene rings is 3. The molecule has 0 bridgehead atoms. The van der Waals surface area contributed by atoms with Crippen LogP contribution in [0, 0.1) is 0 Å². The van der Waals surface area contributed by atoms with Crippen LogP contribution < -0.4 is 9.64 Å². The number of ether oxygens (including phenoxy) is 1. The van der Waals surface area contributed by atoms with Gasteiger partial charge in [0.05, 0.1) is 0 Å². The minimum atomic E-state index is 0.378. The number of aryl methyl sites for hydroxylation is 1. The Morgan fingerprint density at radius 3 is 2.49 bits per heavy atom. The topological polar surface area (TPSA) is 35.9 Å². The number of rotatable bonds is 9. The van der Waals surface area contributed by atoms with Crippen molar-refractivity contribution in [2.24, 2.45) is 0 Å². The van der Waals surface area contributed by atoms with E-state index in [0.29, 0.717) is 11.7 Å². The van der Waals surface area contributed by atoms with Crippen molar-refractivity contribution in [3.8, 4) is 11.5 Å². The van der Waals surface area contributed by atoms with E-state index in [1.165, 1.54) is 66.7 Å². The first-order valence-electron chi connectivity index (χ1n) is 14.3. The first-order chi connectivity index (χ1) is 18.2. The highest BCUT2D eigenvalue weighted by molar-refractivity contribution is 5.56. The number of hydrogen-bond acceptors (Lipinski definition) is 4. The summed E-state index contributed by atoms with van der Waals surface area (Å²) in [5, 5.41) is 9.87. The molecule has 1 atom stereocenters. The zero-order valence-electron chi connectivity index (χ0n) is 22.4. The van der Waals surface area contributed by atoms with Crippen molar-refractivity contribution in [2.45, 2.75) is 64.3 Å². The molecule has 1 unspecified atom stereocenters. The maximum atomic E-state index is 9.87. The van der Waals surface area contributed by atoms with Crippen LogP contribution >= 0.6 is 0 Å². The third-order valence-corrected chi connectivity index (χ3v) is 8.19. The van der Waals surface area contributed by atoms with E-state index in [4.69, 9.17) is 4.74 Å². The average Bonchev–Trinajstić information content (AvgIpc) is 3.21. The molecule has 5 rings (SSSR count). The average molecular weight is 499 g/mol. The maximum Gasteiger partial charge on any atom is 0.119 e. The molecule has 0 amide bonds. The van der Waals surface area contributed by atoms with Gasteiger partial charge < -0.3 is 14.7 Å². The molecule has 0 saturated carbocycles. The van der Waals surface area contributed by atoms with Crippen molar-refractivity contribution in [2.75, 3.05) is 37.7 Å². The number of nitrogens with zero attached hydrogens (tertiary/aromatic N) is 2. The van der Waals surface area contributed by atoms with E-state index in [9.17, 15) is 5.11 Å². The lowest BCUT2D eigenvalue weighted by Gasteiger charge is -2.31. The molecule has 0 spiro atoms. The molecule has 3 aromatic carbocycles. The molecule has 0 radical (unpaired) electrons. The summed E-state index contributed by atoms with van der Waals surface area (Å²) in [6.07, 6.45) is 8.57. The van der Waals surface area contributed by atoms with Crippen molar-refractivity contribution < 1.29 is 9.84 Å². The van der Waals surface area contributed by atoms with Crippen LogP contribution in [-0.2, 0) is 19.4 Å². The Balaban J connectivity index is 1.21. The Kier molecular flexibility index (Phi) is 8.68. The largest absolute Gasteiger partial charge is 0.508 e. The maximum absolute atomic E-state index is 9.87. The molecule has 4 heteroatoms. The number of anilines is 1. The standard InChI is InChI=1S/C33H42N2O2/c1-2-35(25-26-11-17-31(18-12-26)37-22-21-34-19-7-3-4-8-20-34)33-10-6-5-9-32(33)29-14-13-28-24-30(36)16-15-27(28)23-29/h5-6,9-12,15-18,24,29,36H,2-4,7-8,13-14,19-23,25H2,1H3. The highest BCUT2D eigenvalue weighted by Gasteiger charge is 2.24. The van der Waals surface area contributed by atoms with Crippen molar-refractivity contribution in [3.05, 3.63) is 89.0 Å². The Labute approximate surface area is 222 Å². The Hall–Kier alpha value is -2.98. The summed E-state index contributed by atoms with van der Waals surface area (Å²) in [6.45, 7) is 8.31. The normalized spacial score (nSPS) is 18.1. The van der Waals surface area contributed by atoms with Crippen LogP contribution in [0.2, 0.25) is 0 Å². The van der Waals surface area contributed by atoms with E-state index < -0.39 is 0 Å². The number of likely N-dealkylation sites (tertiary alicyclic amines) is 1. The molecule has 1 aliphatic heterocycles. The summed E-state index contributed by atoms with van der Waals surface area (Å²) >= 11 is 0. The van der Waals surface area contributed by atoms with Gasteiger partial charge in [-0.3, -0.25) is 4.90 Å². The summed E-state index contributed by atoms with van der Waals surface area (Å²) < 4.78 is 6.08. The number of fused-ring (bicyclic) bond motifs is 1. The van der Waals surface area contributed by atoms with Gasteiger partial charge in [-0.15, -0.1) is 0 Å². The van der Waals surface area contributed by atoms with Crippen molar-refractivity contribution in [1.82, 2.24) is 4.90 Å². The highest BCUT2D eigenvalue weighted by Crippen LogP contribution is 2.38. The predicted octanol–water partition coefficient (Wildman–Crippen LogP) is 6.95. The number of hydrogen-bond donors (Lipinski definition) is 1. The molecule has 1 aliphatic carbocycles.